The van der Waals surface area contributed by atoms with E-state index in [1.165, 1.54) is 0 Å². The van der Waals surface area contributed by atoms with Crippen molar-refractivity contribution in [2.24, 2.45) is 0 Å². The first kappa shape index (κ1) is 7.94. The largest absolute Gasteiger partial charge is 0.383 e. The Morgan fingerprint density at radius 3 is 2.91 bits per heavy atom. The van der Waals surface area contributed by atoms with E-state index in [-0.39, 0.29) is 0 Å². The van der Waals surface area contributed by atoms with E-state index in [0.29, 0.717) is 18.2 Å². The summed E-state index contributed by atoms with van der Waals surface area (Å²) >= 11 is 0. The van der Waals surface area contributed by atoms with Gasteiger partial charge < -0.3 is 10.5 Å². The van der Waals surface area contributed by atoms with Gasteiger partial charge in [-0.15, -0.1) is 0 Å². The number of anilines is 1. The molecule has 0 amide bonds. The zero-order chi connectivity index (χ0) is 8.27. The number of nitrogens with two attached hydrogens (primary N) is 1. The summed E-state index contributed by atoms with van der Waals surface area (Å²) in [4.78, 5) is 8.02. The highest BCUT2D eigenvalue weighted by molar-refractivity contribution is 5.35. The van der Waals surface area contributed by atoms with Crippen LogP contribution in [0.1, 0.15) is 11.4 Å². The van der Waals surface area contributed by atoms with Crippen LogP contribution in [-0.4, -0.2) is 17.1 Å². The molecule has 0 radical (unpaired) electrons. The average Bonchev–Trinajstić information content (AvgIpc) is 1.98. The smallest absolute Gasteiger partial charge is 0.156 e. The van der Waals surface area contributed by atoms with Gasteiger partial charge in [-0.1, -0.05) is 0 Å². The van der Waals surface area contributed by atoms with Crippen LogP contribution in [0.3, 0.4) is 0 Å². The van der Waals surface area contributed by atoms with Crippen LogP contribution in [0, 0.1) is 6.92 Å². The molecule has 0 fully saturated rings. The van der Waals surface area contributed by atoms with Gasteiger partial charge in [-0.3, -0.25) is 0 Å². The molecular formula is C7H11N3O. The summed E-state index contributed by atoms with van der Waals surface area (Å²) in [6.45, 7) is 2.27. The molecule has 0 aliphatic carbocycles. The van der Waals surface area contributed by atoms with Crippen LogP contribution in [-0.2, 0) is 11.3 Å². The Labute approximate surface area is 65.4 Å². The summed E-state index contributed by atoms with van der Waals surface area (Å²) in [7, 11) is 1.60. The van der Waals surface area contributed by atoms with Gasteiger partial charge in [-0.2, -0.15) is 0 Å². The molecule has 0 atom stereocenters. The second kappa shape index (κ2) is 3.30. The molecule has 2 N–H and O–H groups in total. The van der Waals surface area contributed by atoms with Crippen LogP contribution in [0.25, 0.3) is 0 Å². The number of hydrogen-bond acceptors (Lipinski definition) is 4. The predicted octanol–water partition coefficient (Wildman–Crippen LogP) is 0.514. The number of hydrogen-bond donors (Lipinski definition) is 1. The van der Waals surface area contributed by atoms with Gasteiger partial charge in [-0.05, 0) is 6.92 Å². The van der Waals surface area contributed by atoms with Crippen molar-refractivity contribution in [2.75, 3.05) is 12.8 Å². The summed E-state index contributed by atoms with van der Waals surface area (Å²) in [5, 5.41) is 0. The zero-order valence-corrected chi connectivity index (χ0v) is 6.66. The van der Waals surface area contributed by atoms with Crippen molar-refractivity contribution in [3.8, 4) is 0 Å². The van der Waals surface area contributed by atoms with Crippen LogP contribution in [0.4, 0.5) is 5.82 Å². The van der Waals surface area contributed by atoms with Crippen molar-refractivity contribution >= 4 is 5.82 Å². The average molecular weight is 153 g/mol. The summed E-state index contributed by atoms with van der Waals surface area (Å²) in [6.07, 6.45) is 1.69. The van der Waals surface area contributed by atoms with Crippen molar-refractivity contribution in [1.29, 1.82) is 0 Å². The molecule has 4 nitrogen and oxygen atoms in total. The minimum Gasteiger partial charge on any atom is -0.383 e. The summed E-state index contributed by atoms with van der Waals surface area (Å²) in [5.41, 5.74) is 6.44. The minimum absolute atomic E-state index is 0.407. The molecule has 0 saturated heterocycles. The van der Waals surface area contributed by atoms with Gasteiger partial charge in [0.25, 0.3) is 0 Å². The van der Waals surface area contributed by atoms with Gasteiger partial charge in [-0.25, -0.2) is 9.97 Å². The van der Waals surface area contributed by atoms with Crippen LogP contribution in [0.2, 0.25) is 0 Å². The number of aromatic nitrogens is 2. The van der Waals surface area contributed by atoms with E-state index in [1.807, 2.05) is 6.92 Å². The molecule has 1 rings (SSSR count). The summed E-state index contributed by atoms with van der Waals surface area (Å²) in [5.74, 6) is 1.14. The molecular weight excluding hydrogens is 142 g/mol. The number of methoxy groups -OCH3 is 1. The van der Waals surface area contributed by atoms with Crippen molar-refractivity contribution in [1.82, 2.24) is 9.97 Å². The van der Waals surface area contributed by atoms with E-state index in [1.54, 1.807) is 13.3 Å². The lowest BCUT2D eigenvalue weighted by molar-refractivity contribution is 0.178. The number of aryl methyl sites for hydroxylation is 1. The maximum atomic E-state index is 5.54. The number of ether oxygens (including phenoxy) is 1. The van der Waals surface area contributed by atoms with Gasteiger partial charge in [0, 0.05) is 18.9 Å². The minimum atomic E-state index is 0.407. The summed E-state index contributed by atoms with van der Waals surface area (Å²) in [6, 6.07) is 0. The van der Waals surface area contributed by atoms with Crippen molar-refractivity contribution in [3.05, 3.63) is 17.6 Å². The van der Waals surface area contributed by atoms with E-state index in [2.05, 4.69) is 9.97 Å². The molecule has 11 heavy (non-hydrogen) atoms. The van der Waals surface area contributed by atoms with Gasteiger partial charge in [0.05, 0.1) is 0 Å². The molecule has 4 heteroatoms. The molecule has 1 heterocycles. The molecule has 1 aromatic heterocycles. The van der Waals surface area contributed by atoms with Gasteiger partial charge >= 0.3 is 0 Å². The lowest BCUT2D eigenvalue weighted by Gasteiger charge is -2.00. The molecule has 0 aliphatic rings. The highest BCUT2D eigenvalue weighted by atomic mass is 16.5. The zero-order valence-electron chi connectivity index (χ0n) is 6.66. The van der Waals surface area contributed by atoms with E-state index >= 15 is 0 Å². The van der Waals surface area contributed by atoms with Crippen molar-refractivity contribution < 1.29 is 4.74 Å². The molecule has 60 valence electrons. The van der Waals surface area contributed by atoms with Gasteiger partial charge in [0.15, 0.2) is 5.82 Å². The monoisotopic (exact) mass is 153 g/mol. The highest BCUT2D eigenvalue weighted by Crippen LogP contribution is 2.04. The van der Waals surface area contributed by atoms with E-state index in [0.717, 1.165) is 5.56 Å². The Morgan fingerprint density at radius 1 is 1.64 bits per heavy atom. The first-order valence-electron chi connectivity index (χ1n) is 3.31. The van der Waals surface area contributed by atoms with E-state index in [4.69, 9.17) is 10.5 Å². The second-order valence-corrected chi connectivity index (χ2v) is 2.29. The fourth-order valence-corrected chi connectivity index (χ4v) is 0.692. The first-order chi connectivity index (χ1) is 5.24. The van der Waals surface area contributed by atoms with Crippen molar-refractivity contribution in [3.63, 3.8) is 0 Å². The molecule has 1 aromatic rings. The lowest BCUT2D eigenvalue weighted by Crippen LogP contribution is -2.02. The fourth-order valence-electron chi connectivity index (χ4n) is 0.692. The van der Waals surface area contributed by atoms with Gasteiger partial charge in [0.2, 0.25) is 0 Å². The van der Waals surface area contributed by atoms with Gasteiger partial charge in [0.1, 0.15) is 12.4 Å². The predicted molar refractivity (Wildman–Crippen MR) is 41.9 cm³/mol. The maximum Gasteiger partial charge on any atom is 0.156 e. The number of nitrogens with zero attached hydrogens (tertiary/aromatic N) is 2. The van der Waals surface area contributed by atoms with Crippen LogP contribution in [0.5, 0.6) is 0 Å². The molecule has 0 aromatic carbocycles. The first-order valence-corrected chi connectivity index (χ1v) is 3.31. The van der Waals surface area contributed by atoms with Crippen LogP contribution < -0.4 is 5.73 Å². The standard InChI is InChI=1S/C7H11N3O/c1-5-3-9-6(4-11-2)10-7(5)8/h3H,4H2,1-2H3,(H2,8,9,10). The molecule has 0 bridgehead atoms. The van der Waals surface area contributed by atoms with Crippen LogP contribution in [0.15, 0.2) is 6.20 Å². The second-order valence-electron chi connectivity index (χ2n) is 2.29. The quantitative estimate of drug-likeness (QED) is 0.672. The Hall–Kier alpha value is -1.16. The topological polar surface area (TPSA) is 61.0 Å². The Bertz CT molecular complexity index is 249. The number of nitrogen functional groups attached to an aromatic ring is 1. The third kappa shape index (κ3) is 1.88. The third-order valence-electron chi connectivity index (χ3n) is 1.33. The summed E-state index contributed by atoms with van der Waals surface area (Å²) < 4.78 is 4.84. The van der Waals surface area contributed by atoms with Crippen molar-refractivity contribution in [2.45, 2.75) is 13.5 Å². The molecule has 0 saturated carbocycles. The SMILES string of the molecule is COCc1ncc(C)c(N)n1. The molecule has 0 spiro atoms. The van der Waals surface area contributed by atoms with Crippen LogP contribution >= 0.6 is 0 Å². The Kier molecular flexibility index (Phi) is 2.38. The maximum absolute atomic E-state index is 5.54. The lowest BCUT2D eigenvalue weighted by atomic mass is 10.3. The fraction of sp³-hybridized carbons (Fsp3) is 0.429. The highest BCUT2D eigenvalue weighted by Gasteiger charge is 1.98. The normalized spacial score (nSPS) is 10.0. The third-order valence-corrected chi connectivity index (χ3v) is 1.33. The molecule has 0 aliphatic heterocycles. The Balaban J connectivity index is 2.86. The van der Waals surface area contributed by atoms with E-state index in [9.17, 15) is 0 Å². The number of rotatable bonds is 2. The van der Waals surface area contributed by atoms with E-state index < -0.39 is 0 Å². The molecule has 0 unspecified atom stereocenters. The Morgan fingerprint density at radius 2 is 2.36 bits per heavy atom.